The van der Waals surface area contributed by atoms with Gasteiger partial charge in [-0.15, -0.1) is 0 Å². The Morgan fingerprint density at radius 1 is 0.784 bits per heavy atom. The summed E-state index contributed by atoms with van der Waals surface area (Å²) in [7, 11) is 0. The largest absolute Gasteiger partial charge is 0.507 e. The van der Waals surface area contributed by atoms with Crippen molar-refractivity contribution in [1.82, 2.24) is 0 Å². The average molecular weight is 501 g/mol. The van der Waals surface area contributed by atoms with Gasteiger partial charge in [0.15, 0.2) is 5.78 Å². The van der Waals surface area contributed by atoms with Crippen LogP contribution in [0.4, 0.5) is 0 Å². The molecule has 0 fully saturated rings. The van der Waals surface area contributed by atoms with Crippen LogP contribution in [0.2, 0.25) is 0 Å². The normalized spacial score (nSPS) is 12.4. The van der Waals surface area contributed by atoms with Gasteiger partial charge in [-0.25, -0.2) is 0 Å². The van der Waals surface area contributed by atoms with E-state index in [9.17, 15) is 14.7 Å². The number of ketones is 2. The number of allylic oxidation sites excluding steroid dienone is 1. The summed E-state index contributed by atoms with van der Waals surface area (Å²) in [5, 5.41) is 11.0. The molecule has 0 bridgehead atoms. The van der Waals surface area contributed by atoms with Gasteiger partial charge in [0, 0.05) is 36.3 Å². The van der Waals surface area contributed by atoms with Crippen molar-refractivity contribution in [2.24, 2.45) is 0 Å². The predicted molar refractivity (Wildman–Crippen MR) is 157 cm³/mol. The van der Waals surface area contributed by atoms with E-state index in [1.807, 2.05) is 114 Å². The van der Waals surface area contributed by atoms with Crippen molar-refractivity contribution in [1.29, 1.82) is 0 Å². The van der Waals surface area contributed by atoms with Crippen LogP contribution in [-0.2, 0) is 22.4 Å². The Balaban J connectivity index is 0.00000106. The highest BCUT2D eigenvalue weighted by atomic mass is 16.3. The van der Waals surface area contributed by atoms with Crippen LogP contribution in [0.3, 0.4) is 0 Å². The quantitative estimate of drug-likeness (QED) is 0.336. The molecule has 3 aromatic rings. The molecule has 3 nitrogen and oxygen atoms in total. The molecule has 1 aliphatic rings. The van der Waals surface area contributed by atoms with Gasteiger partial charge in [0.25, 0.3) is 0 Å². The lowest BCUT2D eigenvalue weighted by Crippen LogP contribution is -2.23. The van der Waals surface area contributed by atoms with E-state index in [0.717, 1.165) is 24.0 Å². The Hall–Kier alpha value is -3.46. The predicted octanol–water partition coefficient (Wildman–Crippen LogP) is 8.93. The molecule has 3 heteroatoms. The van der Waals surface area contributed by atoms with Crippen molar-refractivity contribution >= 4 is 17.3 Å². The first-order valence-corrected chi connectivity index (χ1v) is 13.8. The number of carbonyl (C=O) groups is 2. The number of aliphatic hydroxyl groups excluding tert-OH is 1. The van der Waals surface area contributed by atoms with Crippen LogP contribution >= 0.6 is 0 Å². The average Bonchev–Trinajstić information content (AvgIpc) is 2.97. The molecule has 1 N–H and O–H groups in total. The Morgan fingerprint density at radius 2 is 1.32 bits per heavy atom. The lowest BCUT2D eigenvalue weighted by atomic mass is 9.78. The molecule has 4 rings (SSSR count). The first kappa shape index (κ1) is 31.6. The highest BCUT2D eigenvalue weighted by Crippen LogP contribution is 2.38. The molecular formula is C34H44O3. The van der Waals surface area contributed by atoms with E-state index in [1.165, 1.54) is 5.56 Å². The van der Waals surface area contributed by atoms with Crippen LogP contribution in [0.5, 0.6) is 0 Å². The third-order valence-electron chi connectivity index (χ3n) is 5.93. The zero-order valence-corrected chi connectivity index (χ0v) is 23.5. The van der Waals surface area contributed by atoms with Gasteiger partial charge >= 0.3 is 0 Å². The summed E-state index contributed by atoms with van der Waals surface area (Å²) in [5.74, 6) is -0.428. The smallest absolute Gasteiger partial charge is 0.167 e. The summed E-state index contributed by atoms with van der Waals surface area (Å²) >= 11 is 0. The van der Waals surface area contributed by atoms with E-state index < -0.39 is 5.92 Å². The molecule has 0 radical (unpaired) electrons. The van der Waals surface area contributed by atoms with E-state index in [-0.39, 0.29) is 30.2 Å². The van der Waals surface area contributed by atoms with E-state index in [0.29, 0.717) is 17.6 Å². The lowest BCUT2D eigenvalue weighted by Gasteiger charge is -2.25. The maximum absolute atomic E-state index is 13.0. The Kier molecular flexibility index (Phi) is 15.3. The summed E-state index contributed by atoms with van der Waals surface area (Å²) in [6.07, 6.45) is 2.54. The second-order valence-corrected chi connectivity index (χ2v) is 8.06. The molecule has 0 spiro atoms. The number of benzene rings is 3. The summed E-state index contributed by atoms with van der Waals surface area (Å²) in [4.78, 5) is 25.9. The summed E-state index contributed by atoms with van der Waals surface area (Å²) < 4.78 is 0. The van der Waals surface area contributed by atoms with Gasteiger partial charge < -0.3 is 5.11 Å². The number of aliphatic hydroxyl groups is 1. The minimum absolute atomic E-state index is 0.0118. The van der Waals surface area contributed by atoms with Crippen LogP contribution in [0.1, 0.15) is 89.0 Å². The Bertz CT molecular complexity index is 1100. The van der Waals surface area contributed by atoms with Gasteiger partial charge in [0.05, 0.1) is 0 Å². The van der Waals surface area contributed by atoms with E-state index in [4.69, 9.17) is 0 Å². The first-order valence-electron chi connectivity index (χ1n) is 13.8. The number of hydrogen-bond acceptors (Lipinski definition) is 3. The second-order valence-electron chi connectivity index (χ2n) is 8.06. The fraction of sp³-hybridized carbons (Fsp3) is 0.353. The Labute approximate surface area is 224 Å². The topological polar surface area (TPSA) is 54.4 Å². The number of carbonyl (C=O) groups excluding carboxylic acids is 2. The number of rotatable bonds is 8. The molecular weight excluding hydrogens is 456 g/mol. The van der Waals surface area contributed by atoms with Gasteiger partial charge in [-0.1, -0.05) is 126 Å². The van der Waals surface area contributed by atoms with Gasteiger partial charge in [0.2, 0.25) is 0 Å². The summed E-state index contributed by atoms with van der Waals surface area (Å²) in [5.41, 5.74) is 3.98. The SMILES string of the molecule is CC.CC.CC.O=C(CCCc1ccccc1)CC(C1=C(O)c2ccccc2CC1=O)c1ccccc1. The van der Waals surface area contributed by atoms with Crippen LogP contribution in [0.25, 0.3) is 5.76 Å². The lowest BCUT2D eigenvalue weighted by molar-refractivity contribution is -0.119. The second kappa shape index (κ2) is 17.9. The molecule has 0 aliphatic heterocycles. The van der Waals surface area contributed by atoms with Crippen molar-refractivity contribution in [2.45, 2.75) is 79.6 Å². The van der Waals surface area contributed by atoms with Crippen LogP contribution in [0, 0.1) is 0 Å². The number of hydrogen-bond donors (Lipinski definition) is 1. The number of fused-ring (bicyclic) bond motifs is 1. The van der Waals surface area contributed by atoms with Crippen molar-refractivity contribution in [3.8, 4) is 0 Å². The summed E-state index contributed by atoms with van der Waals surface area (Å²) in [6.45, 7) is 12.0. The molecule has 0 amide bonds. The molecule has 0 saturated carbocycles. The fourth-order valence-electron chi connectivity index (χ4n) is 4.35. The minimum atomic E-state index is -0.439. The van der Waals surface area contributed by atoms with Crippen LogP contribution < -0.4 is 0 Å². The molecule has 1 unspecified atom stereocenters. The fourth-order valence-corrected chi connectivity index (χ4v) is 4.35. The number of Topliss-reactive ketones (excluding diaryl/α,β-unsaturated/α-hetero) is 2. The highest BCUT2D eigenvalue weighted by Gasteiger charge is 2.32. The van der Waals surface area contributed by atoms with Gasteiger partial charge in [0.1, 0.15) is 11.5 Å². The molecule has 0 heterocycles. The van der Waals surface area contributed by atoms with Gasteiger partial charge in [-0.2, -0.15) is 0 Å². The molecule has 3 aromatic carbocycles. The molecule has 0 aromatic heterocycles. The number of aryl methyl sites for hydroxylation is 1. The zero-order chi connectivity index (χ0) is 27.6. The standard InChI is InChI=1S/C28H26O3.3C2H6/c29-23(16-9-12-20-10-3-1-4-11-20)19-25(21-13-5-2-6-14-21)27-26(30)18-22-15-7-8-17-24(22)28(27)31;3*1-2/h1-8,10-11,13-15,17,25,31H,9,12,16,18-19H2;3*1-2H3. The van der Waals surface area contributed by atoms with Crippen LogP contribution in [0.15, 0.2) is 90.5 Å². The van der Waals surface area contributed by atoms with E-state index in [1.54, 1.807) is 0 Å². The maximum Gasteiger partial charge on any atom is 0.167 e. The minimum Gasteiger partial charge on any atom is -0.507 e. The van der Waals surface area contributed by atoms with E-state index >= 15 is 0 Å². The molecule has 1 atom stereocenters. The molecule has 37 heavy (non-hydrogen) atoms. The third kappa shape index (κ3) is 9.17. The van der Waals surface area contributed by atoms with Crippen LogP contribution in [-0.4, -0.2) is 16.7 Å². The molecule has 0 saturated heterocycles. The monoisotopic (exact) mass is 500 g/mol. The first-order chi connectivity index (χ1) is 18.1. The van der Waals surface area contributed by atoms with E-state index in [2.05, 4.69) is 12.1 Å². The van der Waals surface area contributed by atoms with Crippen molar-refractivity contribution < 1.29 is 14.7 Å². The highest BCUT2D eigenvalue weighted by molar-refractivity contribution is 6.07. The third-order valence-corrected chi connectivity index (χ3v) is 5.93. The Morgan fingerprint density at radius 3 is 1.95 bits per heavy atom. The van der Waals surface area contributed by atoms with Crippen molar-refractivity contribution in [3.05, 3.63) is 113 Å². The van der Waals surface area contributed by atoms with Crippen molar-refractivity contribution in [3.63, 3.8) is 0 Å². The maximum atomic E-state index is 13.0. The summed E-state index contributed by atoms with van der Waals surface area (Å²) in [6, 6.07) is 27.1. The zero-order valence-electron chi connectivity index (χ0n) is 23.5. The van der Waals surface area contributed by atoms with Gasteiger partial charge in [-0.05, 0) is 29.5 Å². The van der Waals surface area contributed by atoms with Gasteiger partial charge in [-0.3, -0.25) is 9.59 Å². The van der Waals surface area contributed by atoms with Crippen molar-refractivity contribution in [2.75, 3.05) is 0 Å². The molecule has 1 aliphatic carbocycles. The molecule has 198 valence electrons.